The number of carboxylic acid groups (broad SMARTS) is 6. The number of carboxylic acids is 6. The van der Waals surface area contributed by atoms with Crippen LogP contribution in [-0.2, 0) is 28.8 Å². The summed E-state index contributed by atoms with van der Waals surface area (Å²) in [6.45, 7) is 6.20. The van der Waals surface area contributed by atoms with Gasteiger partial charge in [0.05, 0.1) is 26.2 Å². The monoisotopic (exact) mass is 548 g/mol. The van der Waals surface area contributed by atoms with Crippen molar-refractivity contribution < 1.29 is 59.4 Å². The van der Waals surface area contributed by atoms with E-state index in [0.717, 1.165) is 6.42 Å². The molecule has 222 valence electrons. The average Bonchev–Trinajstić information content (AvgIpc) is 2.83. The maximum absolute atomic E-state index is 10.2. The molecular formula is C19H44N6O12. The molecule has 0 aliphatic heterocycles. The fourth-order valence-corrected chi connectivity index (χ4v) is 0.782. The molecule has 0 spiro atoms. The third-order valence-electron chi connectivity index (χ3n) is 3.24. The Morgan fingerprint density at radius 1 is 0.541 bits per heavy atom. The lowest BCUT2D eigenvalue weighted by molar-refractivity contribution is -0.140. The van der Waals surface area contributed by atoms with Gasteiger partial charge in [-0.1, -0.05) is 34.1 Å². The van der Waals surface area contributed by atoms with Gasteiger partial charge in [0.1, 0.15) is 12.1 Å². The molecule has 0 aromatic heterocycles. The van der Waals surface area contributed by atoms with Crippen LogP contribution in [0, 0.1) is 11.8 Å². The predicted octanol–water partition coefficient (Wildman–Crippen LogP) is -3.38. The van der Waals surface area contributed by atoms with E-state index >= 15 is 0 Å². The van der Waals surface area contributed by atoms with Gasteiger partial charge in [-0.05, 0) is 11.8 Å². The maximum Gasteiger partial charge on any atom is 0.320 e. The van der Waals surface area contributed by atoms with Crippen LogP contribution < -0.4 is 34.4 Å². The lowest BCUT2D eigenvalue weighted by atomic mass is 10.0. The second-order valence-corrected chi connectivity index (χ2v) is 6.75. The van der Waals surface area contributed by atoms with E-state index in [-0.39, 0.29) is 38.0 Å². The van der Waals surface area contributed by atoms with Crippen LogP contribution >= 0.6 is 0 Å². The minimum Gasteiger partial charge on any atom is -0.480 e. The summed E-state index contributed by atoms with van der Waals surface area (Å²) in [5.74, 6) is -5.62. The molecule has 0 bridgehead atoms. The highest BCUT2D eigenvalue weighted by atomic mass is 16.4. The van der Waals surface area contributed by atoms with E-state index in [2.05, 4.69) is 22.9 Å². The van der Waals surface area contributed by atoms with Gasteiger partial charge >= 0.3 is 35.8 Å². The van der Waals surface area contributed by atoms with Crippen LogP contribution in [0.4, 0.5) is 0 Å². The number of nitrogens with two attached hydrogens (primary N) is 6. The zero-order valence-electron chi connectivity index (χ0n) is 21.4. The number of aliphatic carboxylic acids is 6. The molecule has 0 heterocycles. The Bertz CT molecular complexity index is 579. The minimum atomic E-state index is -0.968. The standard InChI is InChI=1S/C6H13NO2.C5H11NO2.4C2H5NO2/c1-3-4(2)5(7)6(8)9;1-3(2)4(6)5(7)8;4*3-1-2(4)5/h4-5H,3,7H2,1-2H3,(H,8,9);3-4H,6H2,1-2H3,(H,7,8);4*1,3H2,(H,4,5)/t4-,5-;4-;;;;/m00..../s1. The van der Waals surface area contributed by atoms with Gasteiger partial charge in [0.15, 0.2) is 0 Å². The summed E-state index contributed by atoms with van der Waals surface area (Å²) in [6, 6.07) is -1.41. The summed E-state index contributed by atoms with van der Waals surface area (Å²) in [4.78, 5) is 57.2. The van der Waals surface area contributed by atoms with Gasteiger partial charge in [0.25, 0.3) is 0 Å². The van der Waals surface area contributed by atoms with Gasteiger partial charge in [-0.25, -0.2) is 0 Å². The molecule has 0 aromatic carbocycles. The van der Waals surface area contributed by atoms with Crippen molar-refractivity contribution in [3.8, 4) is 0 Å². The molecule has 0 aliphatic rings. The summed E-state index contributed by atoms with van der Waals surface area (Å²) in [7, 11) is 0. The van der Waals surface area contributed by atoms with Crippen LogP contribution in [0.3, 0.4) is 0 Å². The van der Waals surface area contributed by atoms with Crippen molar-refractivity contribution in [1.82, 2.24) is 0 Å². The van der Waals surface area contributed by atoms with E-state index in [0.29, 0.717) is 0 Å². The van der Waals surface area contributed by atoms with Crippen molar-refractivity contribution in [2.24, 2.45) is 46.2 Å². The molecule has 3 atom stereocenters. The zero-order chi connectivity index (χ0) is 31.3. The van der Waals surface area contributed by atoms with Crippen LogP contribution in [0.15, 0.2) is 0 Å². The first-order valence-electron chi connectivity index (χ1n) is 10.4. The van der Waals surface area contributed by atoms with Crippen molar-refractivity contribution in [3.63, 3.8) is 0 Å². The second-order valence-electron chi connectivity index (χ2n) is 6.75. The SMILES string of the molecule is CC(C)[C@H](N)C(=O)O.CC[C@H](C)[C@H](N)C(=O)O.NCC(=O)O.NCC(=O)O.NCC(=O)O.NCC(=O)O. The number of hydrogen-bond acceptors (Lipinski definition) is 12. The smallest absolute Gasteiger partial charge is 0.320 e. The Morgan fingerprint density at radius 2 is 0.730 bits per heavy atom. The van der Waals surface area contributed by atoms with Gasteiger partial charge in [-0.3, -0.25) is 28.8 Å². The first kappa shape index (κ1) is 46.9. The summed E-state index contributed by atoms with van der Waals surface area (Å²) >= 11 is 0. The van der Waals surface area contributed by atoms with Crippen LogP contribution in [0.1, 0.15) is 34.1 Å². The lowest BCUT2D eigenvalue weighted by Crippen LogP contribution is -2.36. The molecule has 18 heteroatoms. The molecule has 0 saturated heterocycles. The molecule has 0 fully saturated rings. The largest absolute Gasteiger partial charge is 0.480 e. The van der Waals surface area contributed by atoms with Gasteiger partial charge in [0.2, 0.25) is 0 Å². The fraction of sp³-hybridized carbons (Fsp3) is 0.684. The lowest BCUT2D eigenvalue weighted by Gasteiger charge is -2.11. The quantitative estimate of drug-likeness (QED) is 0.133. The first-order valence-corrected chi connectivity index (χ1v) is 10.4. The molecule has 18 nitrogen and oxygen atoms in total. The zero-order valence-corrected chi connectivity index (χ0v) is 21.4. The Balaban J connectivity index is -0.0000000796. The van der Waals surface area contributed by atoms with Gasteiger partial charge in [-0.15, -0.1) is 0 Å². The van der Waals surface area contributed by atoms with Crippen molar-refractivity contribution >= 4 is 35.8 Å². The highest BCUT2D eigenvalue weighted by Crippen LogP contribution is 2.04. The summed E-state index contributed by atoms with van der Waals surface area (Å²) in [6.07, 6.45) is 0.813. The molecule has 0 unspecified atom stereocenters. The van der Waals surface area contributed by atoms with E-state index < -0.39 is 47.9 Å². The van der Waals surface area contributed by atoms with Crippen LogP contribution in [-0.4, -0.2) is 105 Å². The van der Waals surface area contributed by atoms with E-state index in [1.165, 1.54) is 0 Å². The number of rotatable bonds is 9. The second kappa shape index (κ2) is 32.6. The molecule has 0 saturated carbocycles. The third-order valence-corrected chi connectivity index (χ3v) is 3.24. The summed E-state index contributed by atoms with van der Waals surface area (Å²) < 4.78 is 0. The van der Waals surface area contributed by atoms with Crippen molar-refractivity contribution in [2.45, 2.75) is 46.2 Å². The minimum absolute atomic E-state index is 0.0208. The topological polar surface area (TPSA) is 380 Å². The maximum atomic E-state index is 10.2. The Labute approximate surface area is 214 Å². The van der Waals surface area contributed by atoms with Gasteiger partial charge in [0, 0.05) is 0 Å². The molecule has 0 aliphatic carbocycles. The van der Waals surface area contributed by atoms with E-state index in [9.17, 15) is 28.8 Å². The Hall–Kier alpha value is -3.42. The molecule has 18 N–H and O–H groups in total. The van der Waals surface area contributed by atoms with Crippen molar-refractivity contribution in [3.05, 3.63) is 0 Å². The van der Waals surface area contributed by atoms with Gasteiger partial charge < -0.3 is 65.0 Å². The van der Waals surface area contributed by atoms with E-state index in [1.807, 2.05) is 13.8 Å². The summed E-state index contributed by atoms with van der Waals surface area (Å²) in [5.41, 5.74) is 28.7. The van der Waals surface area contributed by atoms with E-state index in [1.54, 1.807) is 13.8 Å². The molecule has 0 amide bonds. The average molecular weight is 549 g/mol. The molecule has 0 aromatic rings. The van der Waals surface area contributed by atoms with Gasteiger partial charge in [-0.2, -0.15) is 0 Å². The number of hydrogen-bond donors (Lipinski definition) is 12. The highest BCUT2D eigenvalue weighted by Gasteiger charge is 2.17. The normalized spacial score (nSPS) is 11.1. The third kappa shape index (κ3) is 59.8. The number of carbonyl (C=O) groups is 6. The highest BCUT2D eigenvalue weighted by molar-refractivity contribution is 5.73. The Morgan fingerprint density at radius 3 is 0.757 bits per heavy atom. The fourth-order valence-electron chi connectivity index (χ4n) is 0.782. The van der Waals surface area contributed by atoms with E-state index in [4.69, 9.17) is 42.1 Å². The summed E-state index contributed by atoms with van der Waals surface area (Å²) in [5, 5.41) is 47.0. The molecular weight excluding hydrogens is 504 g/mol. The van der Waals surface area contributed by atoms with Crippen LogP contribution in [0.2, 0.25) is 0 Å². The van der Waals surface area contributed by atoms with Crippen molar-refractivity contribution in [2.75, 3.05) is 26.2 Å². The van der Waals surface area contributed by atoms with Crippen LogP contribution in [0.25, 0.3) is 0 Å². The predicted molar refractivity (Wildman–Crippen MR) is 132 cm³/mol. The van der Waals surface area contributed by atoms with Crippen LogP contribution in [0.5, 0.6) is 0 Å². The molecule has 37 heavy (non-hydrogen) atoms. The molecule has 0 rings (SSSR count). The first-order chi connectivity index (χ1) is 16.7. The molecule has 0 radical (unpaired) electrons. The Kier molecular flexibility index (Phi) is 41.3. The van der Waals surface area contributed by atoms with Crippen molar-refractivity contribution in [1.29, 1.82) is 0 Å².